The molecule has 0 saturated carbocycles. The van der Waals surface area contributed by atoms with Crippen molar-refractivity contribution in [1.29, 1.82) is 0 Å². The fraction of sp³-hybridized carbons (Fsp3) is 0.227. The highest BCUT2D eigenvalue weighted by Gasteiger charge is 2.14. The van der Waals surface area contributed by atoms with Crippen LogP contribution in [0.15, 0.2) is 60.7 Å². The fourth-order valence-corrected chi connectivity index (χ4v) is 3.32. The molecule has 28 heavy (non-hydrogen) atoms. The zero-order valence-electron chi connectivity index (χ0n) is 15.9. The number of carbonyl (C=O) groups is 1. The summed E-state index contributed by atoms with van der Waals surface area (Å²) in [4.78, 5) is 14.5. The SMILES string of the molecule is Cc1ccccc1NC(=O)Nc1ccc(-c2ccc(N3CCCC3)nn2)cc1. The molecule has 6 heteroatoms. The lowest BCUT2D eigenvalue weighted by Gasteiger charge is -2.15. The molecular weight excluding hydrogens is 350 g/mol. The van der Waals surface area contributed by atoms with Crippen LogP contribution in [0.25, 0.3) is 11.3 Å². The molecule has 1 aromatic heterocycles. The largest absolute Gasteiger partial charge is 0.355 e. The van der Waals surface area contributed by atoms with Gasteiger partial charge in [-0.1, -0.05) is 30.3 Å². The van der Waals surface area contributed by atoms with Crippen molar-refractivity contribution >= 4 is 23.2 Å². The number of para-hydroxylation sites is 1. The van der Waals surface area contributed by atoms with Crippen molar-refractivity contribution in [3.05, 3.63) is 66.2 Å². The summed E-state index contributed by atoms with van der Waals surface area (Å²) in [5.41, 5.74) is 4.31. The average Bonchev–Trinajstić information content (AvgIpc) is 3.25. The van der Waals surface area contributed by atoms with E-state index < -0.39 is 0 Å². The number of carbonyl (C=O) groups excluding carboxylic acids is 1. The molecule has 2 N–H and O–H groups in total. The van der Waals surface area contributed by atoms with Crippen LogP contribution < -0.4 is 15.5 Å². The average molecular weight is 373 g/mol. The number of anilines is 3. The summed E-state index contributed by atoms with van der Waals surface area (Å²) in [5.74, 6) is 0.937. The molecule has 0 atom stereocenters. The first-order chi connectivity index (χ1) is 13.7. The number of nitrogens with one attached hydrogen (secondary N) is 2. The van der Waals surface area contributed by atoms with E-state index in [1.165, 1.54) is 12.8 Å². The molecule has 1 aliphatic rings. The second kappa shape index (κ2) is 8.08. The maximum atomic E-state index is 12.2. The van der Waals surface area contributed by atoms with Crippen LogP contribution in [0.5, 0.6) is 0 Å². The number of benzene rings is 2. The maximum Gasteiger partial charge on any atom is 0.323 e. The summed E-state index contributed by atoms with van der Waals surface area (Å²) in [7, 11) is 0. The molecule has 0 radical (unpaired) electrons. The predicted octanol–water partition coefficient (Wildman–Crippen LogP) is 4.70. The number of rotatable bonds is 4. The molecule has 142 valence electrons. The minimum Gasteiger partial charge on any atom is -0.355 e. The van der Waals surface area contributed by atoms with E-state index in [1.807, 2.05) is 67.6 Å². The minimum atomic E-state index is -0.267. The molecule has 3 aromatic rings. The third kappa shape index (κ3) is 4.11. The number of hydrogen-bond donors (Lipinski definition) is 2. The van der Waals surface area contributed by atoms with E-state index in [-0.39, 0.29) is 6.03 Å². The Morgan fingerprint density at radius 1 is 0.893 bits per heavy atom. The van der Waals surface area contributed by atoms with Gasteiger partial charge in [0.05, 0.1) is 5.69 Å². The Morgan fingerprint density at radius 3 is 2.32 bits per heavy atom. The lowest BCUT2D eigenvalue weighted by Crippen LogP contribution is -2.19. The Labute approximate surface area is 164 Å². The monoisotopic (exact) mass is 373 g/mol. The molecule has 6 nitrogen and oxygen atoms in total. The Kier molecular flexibility index (Phi) is 5.19. The van der Waals surface area contributed by atoms with E-state index in [0.29, 0.717) is 0 Å². The second-order valence-electron chi connectivity index (χ2n) is 6.94. The maximum absolute atomic E-state index is 12.2. The molecule has 1 aliphatic heterocycles. The van der Waals surface area contributed by atoms with Crippen LogP contribution in [0.3, 0.4) is 0 Å². The van der Waals surface area contributed by atoms with Crippen molar-refractivity contribution in [2.75, 3.05) is 28.6 Å². The zero-order valence-corrected chi connectivity index (χ0v) is 15.9. The van der Waals surface area contributed by atoms with Crippen molar-refractivity contribution in [3.63, 3.8) is 0 Å². The predicted molar refractivity (Wildman–Crippen MR) is 113 cm³/mol. The minimum absolute atomic E-state index is 0.267. The van der Waals surface area contributed by atoms with Gasteiger partial charge in [-0.15, -0.1) is 10.2 Å². The molecule has 1 saturated heterocycles. The highest BCUT2D eigenvalue weighted by Crippen LogP contribution is 2.22. The van der Waals surface area contributed by atoms with Gasteiger partial charge in [-0.2, -0.15) is 0 Å². The quantitative estimate of drug-likeness (QED) is 0.696. The van der Waals surface area contributed by atoms with Crippen molar-refractivity contribution in [2.24, 2.45) is 0 Å². The number of aromatic nitrogens is 2. The first-order valence-corrected chi connectivity index (χ1v) is 9.52. The van der Waals surface area contributed by atoms with E-state index >= 15 is 0 Å². The molecule has 2 heterocycles. The van der Waals surface area contributed by atoms with Crippen LogP contribution in [0.2, 0.25) is 0 Å². The number of nitrogens with zero attached hydrogens (tertiary/aromatic N) is 3. The molecule has 0 unspecified atom stereocenters. The molecule has 1 fully saturated rings. The Hall–Kier alpha value is -3.41. The summed E-state index contributed by atoms with van der Waals surface area (Å²) in [5, 5.41) is 14.4. The van der Waals surface area contributed by atoms with E-state index in [2.05, 4.69) is 25.7 Å². The Morgan fingerprint density at radius 2 is 1.64 bits per heavy atom. The van der Waals surface area contributed by atoms with Gasteiger partial charge in [0.1, 0.15) is 0 Å². The zero-order chi connectivity index (χ0) is 19.3. The van der Waals surface area contributed by atoms with Gasteiger partial charge in [0.25, 0.3) is 0 Å². The van der Waals surface area contributed by atoms with Gasteiger partial charge >= 0.3 is 6.03 Å². The van der Waals surface area contributed by atoms with Gasteiger partial charge in [0.15, 0.2) is 5.82 Å². The molecule has 0 aliphatic carbocycles. The van der Waals surface area contributed by atoms with Gasteiger partial charge in [0.2, 0.25) is 0 Å². The summed E-state index contributed by atoms with van der Waals surface area (Å²) in [6.07, 6.45) is 2.44. The molecule has 0 bridgehead atoms. The smallest absolute Gasteiger partial charge is 0.323 e. The lowest BCUT2D eigenvalue weighted by atomic mass is 10.1. The van der Waals surface area contributed by atoms with Crippen molar-refractivity contribution < 1.29 is 4.79 Å². The highest BCUT2D eigenvalue weighted by atomic mass is 16.2. The topological polar surface area (TPSA) is 70.2 Å². The van der Waals surface area contributed by atoms with Crippen LogP contribution in [0.1, 0.15) is 18.4 Å². The van der Waals surface area contributed by atoms with Crippen LogP contribution in [0, 0.1) is 6.92 Å². The van der Waals surface area contributed by atoms with Gasteiger partial charge in [0, 0.05) is 30.0 Å². The van der Waals surface area contributed by atoms with Crippen molar-refractivity contribution in [2.45, 2.75) is 19.8 Å². The van der Waals surface area contributed by atoms with Crippen molar-refractivity contribution in [3.8, 4) is 11.3 Å². The number of urea groups is 1. The standard InChI is InChI=1S/C22H23N5O/c1-16-6-2-3-7-19(16)24-22(28)23-18-10-8-17(9-11-18)20-12-13-21(26-25-20)27-14-4-5-15-27/h2-3,6-13H,4-5,14-15H2,1H3,(H2,23,24,28). The fourth-order valence-electron chi connectivity index (χ4n) is 3.32. The summed E-state index contributed by atoms with van der Waals surface area (Å²) in [6, 6.07) is 19.0. The summed E-state index contributed by atoms with van der Waals surface area (Å²) >= 11 is 0. The summed E-state index contributed by atoms with van der Waals surface area (Å²) in [6.45, 7) is 4.07. The van der Waals surface area contributed by atoms with Crippen LogP contribution in [0.4, 0.5) is 22.0 Å². The lowest BCUT2D eigenvalue weighted by molar-refractivity contribution is 0.262. The highest BCUT2D eigenvalue weighted by molar-refractivity contribution is 6.00. The van der Waals surface area contributed by atoms with Crippen LogP contribution in [-0.4, -0.2) is 29.3 Å². The third-order valence-electron chi connectivity index (χ3n) is 4.91. The van der Waals surface area contributed by atoms with Gasteiger partial charge < -0.3 is 15.5 Å². The van der Waals surface area contributed by atoms with Crippen LogP contribution in [-0.2, 0) is 0 Å². The van der Waals surface area contributed by atoms with E-state index in [4.69, 9.17) is 0 Å². The Bertz CT molecular complexity index is 947. The normalized spacial score (nSPS) is 13.4. The first-order valence-electron chi connectivity index (χ1n) is 9.52. The van der Waals surface area contributed by atoms with Crippen LogP contribution >= 0.6 is 0 Å². The second-order valence-corrected chi connectivity index (χ2v) is 6.94. The van der Waals surface area contributed by atoms with E-state index in [9.17, 15) is 4.79 Å². The van der Waals surface area contributed by atoms with Gasteiger partial charge in [-0.05, 0) is 55.7 Å². The first kappa shape index (κ1) is 18.0. The molecule has 4 rings (SSSR count). The van der Waals surface area contributed by atoms with Gasteiger partial charge in [-0.25, -0.2) is 4.79 Å². The molecule has 0 spiro atoms. The van der Waals surface area contributed by atoms with Crippen molar-refractivity contribution in [1.82, 2.24) is 10.2 Å². The molecule has 2 amide bonds. The third-order valence-corrected chi connectivity index (χ3v) is 4.91. The molecular formula is C22H23N5O. The van der Waals surface area contributed by atoms with E-state index in [1.54, 1.807) is 0 Å². The van der Waals surface area contributed by atoms with Gasteiger partial charge in [-0.3, -0.25) is 0 Å². The van der Waals surface area contributed by atoms with E-state index in [0.717, 1.165) is 47.1 Å². The number of aryl methyl sites for hydroxylation is 1. The molecule has 2 aromatic carbocycles. The Balaban J connectivity index is 1.39. The number of hydrogen-bond acceptors (Lipinski definition) is 4. The summed E-state index contributed by atoms with van der Waals surface area (Å²) < 4.78 is 0. The number of amides is 2.